The van der Waals surface area contributed by atoms with Crippen molar-refractivity contribution >= 4 is 17.6 Å². The van der Waals surface area contributed by atoms with E-state index in [2.05, 4.69) is 5.10 Å². The molecule has 5 nitrogen and oxygen atoms in total. The summed E-state index contributed by atoms with van der Waals surface area (Å²) >= 11 is 5.87. The molecule has 0 amide bonds. The van der Waals surface area contributed by atoms with E-state index < -0.39 is 5.97 Å². The zero-order chi connectivity index (χ0) is 17.5. The minimum Gasteiger partial charge on any atom is -0.488 e. The van der Waals surface area contributed by atoms with Gasteiger partial charge in [0.1, 0.15) is 24.5 Å². The molecule has 0 aliphatic rings. The molecule has 3 aromatic rings. The Labute approximate surface area is 150 Å². The SMILES string of the molecule is O=C(OCCn1cccn1)c1ccccc1OCc1ccc(Cl)cc1. The first-order chi connectivity index (χ1) is 12.2. The molecule has 0 saturated carbocycles. The van der Waals surface area contributed by atoms with Gasteiger partial charge in [0, 0.05) is 17.4 Å². The van der Waals surface area contributed by atoms with E-state index in [1.165, 1.54) is 0 Å². The van der Waals surface area contributed by atoms with Gasteiger partial charge in [-0.3, -0.25) is 4.68 Å². The lowest BCUT2D eigenvalue weighted by atomic mass is 10.2. The molecule has 0 N–H and O–H groups in total. The molecule has 0 aliphatic heterocycles. The number of ether oxygens (including phenoxy) is 2. The van der Waals surface area contributed by atoms with Gasteiger partial charge in [-0.2, -0.15) is 5.10 Å². The Morgan fingerprint density at radius 2 is 1.88 bits per heavy atom. The maximum atomic E-state index is 12.3. The zero-order valence-electron chi connectivity index (χ0n) is 13.5. The summed E-state index contributed by atoms with van der Waals surface area (Å²) in [6.45, 7) is 1.09. The van der Waals surface area contributed by atoms with Gasteiger partial charge < -0.3 is 9.47 Å². The lowest BCUT2D eigenvalue weighted by molar-refractivity contribution is 0.0482. The predicted octanol–water partition coefficient (Wildman–Crippen LogP) is 3.97. The first kappa shape index (κ1) is 17.0. The van der Waals surface area contributed by atoms with Crippen LogP contribution in [0, 0.1) is 0 Å². The highest BCUT2D eigenvalue weighted by molar-refractivity contribution is 6.30. The Kier molecular flexibility index (Phi) is 5.69. The maximum Gasteiger partial charge on any atom is 0.341 e. The van der Waals surface area contributed by atoms with E-state index >= 15 is 0 Å². The third-order valence-electron chi connectivity index (χ3n) is 3.53. The van der Waals surface area contributed by atoms with Crippen LogP contribution >= 0.6 is 11.6 Å². The summed E-state index contributed by atoms with van der Waals surface area (Å²) in [5.41, 5.74) is 1.36. The number of para-hydroxylation sites is 1. The van der Waals surface area contributed by atoms with Gasteiger partial charge >= 0.3 is 5.97 Å². The molecule has 0 unspecified atom stereocenters. The molecular formula is C19H17ClN2O3. The number of esters is 1. The number of benzene rings is 2. The van der Waals surface area contributed by atoms with Crippen LogP contribution in [0.25, 0.3) is 0 Å². The van der Waals surface area contributed by atoms with E-state index in [1.807, 2.05) is 30.5 Å². The van der Waals surface area contributed by atoms with Gasteiger partial charge in [0.2, 0.25) is 0 Å². The zero-order valence-corrected chi connectivity index (χ0v) is 14.2. The monoisotopic (exact) mass is 356 g/mol. The number of rotatable bonds is 7. The molecule has 25 heavy (non-hydrogen) atoms. The minimum absolute atomic E-state index is 0.242. The molecule has 0 saturated heterocycles. The van der Waals surface area contributed by atoms with E-state index in [0.717, 1.165) is 5.56 Å². The Hall–Kier alpha value is -2.79. The van der Waals surface area contributed by atoms with Crippen molar-refractivity contribution in [1.82, 2.24) is 9.78 Å². The second-order valence-electron chi connectivity index (χ2n) is 5.32. The maximum absolute atomic E-state index is 12.3. The lowest BCUT2D eigenvalue weighted by Gasteiger charge is -2.11. The van der Waals surface area contributed by atoms with Crippen molar-refractivity contribution in [2.75, 3.05) is 6.61 Å². The third-order valence-corrected chi connectivity index (χ3v) is 3.78. The summed E-state index contributed by atoms with van der Waals surface area (Å²) in [6.07, 6.45) is 3.50. The number of halogens is 1. The highest BCUT2D eigenvalue weighted by atomic mass is 35.5. The summed E-state index contributed by atoms with van der Waals surface area (Å²) < 4.78 is 12.8. The van der Waals surface area contributed by atoms with E-state index in [4.69, 9.17) is 21.1 Å². The summed E-state index contributed by atoms with van der Waals surface area (Å²) in [5.74, 6) is 0.0698. The standard InChI is InChI=1S/C19H17ClN2O3/c20-16-8-6-15(7-9-16)14-25-18-5-2-1-4-17(18)19(23)24-13-12-22-11-3-10-21-22/h1-11H,12-14H2. The molecule has 2 aromatic carbocycles. The topological polar surface area (TPSA) is 53.4 Å². The van der Waals surface area contributed by atoms with Crippen LogP contribution in [0.5, 0.6) is 5.75 Å². The smallest absolute Gasteiger partial charge is 0.341 e. The Morgan fingerprint density at radius 3 is 2.64 bits per heavy atom. The average molecular weight is 357 g/mol. The first-order valence-electron chi connectivity index (χ1n) is 7.83. The highest BCUT2D eigenvalue weighted by Gasteiger charge is 2.13. The lowest BCUT2D eigenvalue weighted by Crippen LogP contribution is -2.13. The molecule has 0 spiro atoms. The van der Waals surface area contributed by atoms with Crippen LogP contribution in [-0.2, 0) is 17.9 Å². The van der Waals surface area contributed by atoms with E-state index in [9.17, 15) is 4.79 Å². The Bertz CT molecular complexity index is 817. The Morgan fingerprint density at radius 1 is 1.08 bits per heavy atom. The fraction of sp³-hybridized carbons (Fsp3) is 0.158. The number of hydrogen-bond donors (Lipinski definition) is 0. The summed E-state index contributed by atoms with van der Waals surface area (Å²) in [5, 5.41) is 4.74. The van der Waals surface area contributed by atoms with Crippen molar-refractivity contribution in [2.24, 2.45) is 0 Å². The molecule has 0 radical (unpaired) electrons. The number of nitrogens with zero attached hydrogens (tertiary/aromatic N) is 2. The minimum atomic E-state index is -0.418. The van der Waals surface area contributed by atoms with Crippen LogP contribution in [0.3, 0.4) is 0 Å². The van der Waals surface area contributed by atoms with E-state index in [0.29, 0.717) is 29.5 Å². The van der Waals surface area contributed by atoms with Gasteiger partial charge in [-0.15, -0.1) is 0 Å². The van der Waals surface area contributed by atoms with Crippen LogP contribution in [0.2, 0.25) is 5.02 Å². The predicted molar refractivity (Wildman–Crippen MR) is 94.7 cm³/mol. The fourth-order valence-corrected chi connectivity index (χ4v) is 2.37. The molecule has 6 heteroatoms. The quantitative estimate of drug-likeness (QED) is 0.601. The Balaban J connectivity index is 1.59. The van der Waals surface area contributed by atoms with E-state index in [-0.39, 0.29) is 6.61 Å². The molecule has 1 aromatic heterocycles. The number of hydrogen-bond acceptors (Lipinski definition) is 4. The van der Waals surface area contributed by atoms with Crippen molar-refractivity contribution in [3.05, 3.63) is 83.1 Å². The third kappa shape index (κ3) is 4.84. The molecule has 0 fully saturated rings. The second kappa shape index (κ2) is 8.35. The van der Waals surface area contributed by atoms with Crippen molar-refractivity contribution < 1.29 is 14.3 Å². The van der Waals surface area contributed by atoms with Crippen LogP contribution in [0.4, 0.5) is 0 Å². The van der Waals surface area contributed by atoms with Gasteiger partial charge in [-0.1, -0.05) is 35.9 Å². The first-order valence-corrected chi connectivity index (χ1v) is 8.21. The molecule has 0 aliphatic carbocycles. The summed E-state index contributed by atoms with van der Waals surface area (Å²) in [4.78, 5) is 12.3. The van der Waals surface area contributed by atoms with Crippen LogP contribution in [0.1, 0.15) is 15.9 Å². The van der Waals surface area contributed by atoms with Crippen molar-refractivity contribution in [3.8, 4) is 5.75 Å². The van der Waals surface area contributed by atoms with Crippen LogP contribution in [0.15, 0.2) is 67.0 Å². The number of aromatic nitrogens is 2. The van der Waals surface area contributed by atoms with E-state index in [1.54, 1.807) is 41.2 Å². The fourth-order valence-electron chi connectivity index (χ4n) is 2.25. The molecule has 3 rings (SSSR count). The van der Waals surface area contributed by atoms with Crippen molar-refractivity contribution in [2.45, 2.75) is 13.2 Å². The van der Waals surface area contributed by atoms with Crippen LogP contribution < -0.4 is 4.74 Å². The average Bonchev–Trinajstić information content (AvgIpc) is 3.15. The molecule has 0 atom stereocenters. The van der Waals surface area contributed by atoms with Gasteiger partial charge in [0.05, 0.1) is 6.54 Å². The van der Waals surface area contributed by atoms with Gasteiger partial charge in [-0.05, 0) is 35.9 Å². The molecular weight excluding hydrogens is 340 g/mol. The van der Waals surface area contributed by atoms with Crippen molar-refractivity contribution in [1.29, 1.82) is 0 Å². The molecule has 1 heterocycles. The number of carbonyl (C=O) groups excluding carboxylic acids is 1. The molecule has 0 bridgehead atoms. The van der Waals surface area contributed by atoms with Crippen molar-refractivity contribution in [3.63, 3.8) is 0 Å². The van der Waals surface area contributed by atoms with Gasteiger partial charge in [0.15, 0.2) is 0 Å². The second-order valence-corrected chi connectivity index (χ2v) is 5.75. The summed E-state index contributed by atoms with van der Waals surface area (Å²) in [6, 6.07) is 16.2. The normalized spacial score (nSPS) is 10.4. The highest BCUT2D eigenvalue weighted by Crippen LogP contribution is 2.21. The van der Waals surface area contributed by atoms with Gasteiger partial charge in [-0.25, -0.2) is 4.79 Å². The number of carbonyl (C=O) groups is 1. The van der Waals surface area contributed by atoms with Crippen LogP contribution in [-0.4, -0.2) is 22.4 Å². The summed E-state index contributed by atoms with van der Waals surface area (Å²) in [7, 11) is 0. The largest absolute Gasteiger partial charge is 0.488 e. The van der Waals surface area contributed by atoms with Gasteiger partial charge in [0.25, 0.3) is 0 Å². The molecule has 128 valence electrons.